The number of hydrogen-bond acceptors (Lipinski definition) is 0. The molecule has 0 radical (unpaired) electrons. The maximum atomic E-state index is 12.6. The predicted molar refractivity (Wildman–Crippen MR) is 52.2 cm³/mol. The van der Waals surface area contributed by atoms with Crippen molar-refractivity contribution in [3.05, 3.63) is 35.6 Å². The number of rotatable bonds is 3. The van der Waals surface area contributed by atoms with Crippen molar-refractivity contribution in [1.29, 1.82) is 0 Å². The van der Waals surface area contributed by atoms with Gasteiger partial charge in [0.2, 0.25) is 0 Å². The molecule has 0 amide bonds. The van der Waals surface area contributed by atoms with Gasteiger partial charge in [0.15, 0.2) is 0 Å². The van der Waals surface area contributed by atoms with Crippen molar-refractivity contribution < 1.29 is 4.39 Å². The van der Waals surface area contributed by atoms with Gasteiger partial charge in [0.25, 0.3) is 0 Å². The quantitative estimate of drug-likeness (QED) is 0.661. The molecule has 0 N–H and O–H groups in total. The van der Waals surface area contributed by atoms with Crippen molar-refractivity contribution in [2.75, 3.05) is 0 Å². The monoisotopic (exact) mass is 178 g/mol. The van der Waals surface area contributed by atoms with Crippen LogP contribution in [0.15, 0.2) is 24.3 Å². The van der Waals surface area contributed by atoms with E-state index in [4.69, 9.17) is 0 Å². The Morgan fingerprint density at radius 1 is 1.31 bits per heavy atom. The molecule has 1 atom stereocenters. The number of halogens is 1. The van der Waals surface area contributed by atoms with Gasteiger partial charge in [-0.1, -0.05) is 31.9 Å². The van der Waals surface area contributed by atoms with E-state index in [9.17, 15) is 4.39 Å². The lowest BCUT2D eigenvalue weighted by Crippen LogP contribution is -1.94. The first-order valence-electron chi connectivity index (χ1n) is 5.01. The summed E-state index contributed by atoms with van der Waals surface area (Å²) in [6, 6.07) is 6.92. The fraction of sp³-hybridized carbons (Fsp3) is 0.500. The number of benzene rings is 1. The third-order valence-electron chi connectivity index (χ3n) is 2.82. The summed E-state index contributed by atoms with van der Waals surface area (Å²) in [6.45, 7) is 2.23. The molecule has 1 aliphatic carbocycles. The smallest absolute Gasteiger partial charge is 0.123 e. The topological polar surface area (TPSA) is 0 Å². The molecule has 0 heterocycles. The molecule has 1 aliphatic rings. The zero-order valence-electron chi connectivity index (χ0n) is 7.96. The van der Waals surface area contributed by atoms with E-state index in [1.807, 2.05) is 12.1 Å². The molecule has 1 aromatic rings. The summed E-state index contributed by atoms with van der Waals surface area (Å²) >= 11 is 0. The maximum absolute atomic E-state index is 12.6. The van der Waals surface area contributed by atoms with Gasteiger partial charge in [0.05, 0.1) is 0 Å². The van der Waals surface area contributed by atoms with Crippen molar-refractivity contribution >= 4 is 0 Å². The highest BCUT2D eigenvalue weighted by Gasteiger charge is 2.23. The Morgan fingerprint density at radius 2 is 1.92 bits per heavy atom. The molecular weight excluding hydrogens is 163 g/mol. The Hall–Kier alpha value is -0.850. The summed E-state index contributed by atoms with van der Waals surface area (Å²) in [6.07, 6.45) is 4.06. The van der Waals surface area contributed by atoms with Crippen LogP contribution in [-0.2, 0) is 0 Å². The van der Waals surface area contributed by atoms with Gasteiger partial charge in [-0.15, -0.1) is 0 Å². The van der Waals surface area contributed by atoms with Crippen molar-refractivity contribution in [3.63, 3.8) is 0 Å². The van der Waals surface area contributed by atoms with Gasteiger partial charge >= 0.3 is 0 Å². The Balaban J connectivity index is 2.01. The molecule has 0 spiro atoms. The Morgan fingerprint density at radius 3 is 2.46 bits per heavy atom. The molecule has 0 nitrogen and oxygen atoms in total. The van der Waals surface area contributed by atoms with E-state index in [1.54, 1.807) is 12.1 Å². The lowest BCUT2D eigenvalue weighted by atomic mass is 9.95. The van der Waals surface area contributed by atoms with Gasteiger partial charge in [0.1, 0.15) is 5.82 Å². The van der Waals surface area contributed by atoms with E-state index < -0.39 is 0 Å². The molecule has 1 heteroatoms. The largest absolute Gasteiger partial charge is 0.207 e. The van der Waals surface area contributed by atoms with Gasteiger partial charge in [0, 0.05) is 0 Å². The molecule has 1 unspecified atom stereocenters. The molecule has 70 valence electrons. The lowest BCUT2D eigenvalue weighted by Gasteiger charge is -2.10. The number of hydrogen-bond donors (Lipinski definition) is 0. The first-order valence-corrected chi connectivity index (χ1v) is 5.01. The minimum Gasteiger partial charge on any atom is -0.207 e. The third kappa shape index (κ3) is 2.30. The van der Waals surface area contributed by atoms with Crippen molar-refractivity contribution in [2.45, 2.75) is 32.1 Å². The summed E-state index contributed by atoms with van der Waals surface area (Å²) in [5.41, 5.74) is 1.27. The molecule has 2 rings (SSSR count). The van der Waals surface area contributed by atoms with E-state index in [1.165, 1.54) is 24.8 Å². The molecular formula is C12H15F. The van der Waals surface area contributed by atoms with Crippen LogP contribution in [0.3, 0.4) is 0 Å². The lowest BCUT2D eigenvalue weighted by molar-refractivity contribution is 0.608. The normalized spacial score (nSPS) is 18.6. The zero-order chi connectivity index (χ0) is 9.26. The first kappa shape index (κ1) is 8.74. The van der Waals surface area contributed by atoms with Crippen molar-refractivity contribution in [1.82, 2.24) is 0 Å². The minimum absolute atomic E-state index is 0.137. The predicted octanol–water partition coefficient (Wildman–Crippen LogP) is 3.73. The second-order valence-electron chi connectivity index (χ2n) is 4.13. The summed E-state index contributed by atoms with van der Waals surface area (Å²) in [7, 11) is 0. The molecule has 13 heavy (non-hydrogen) atoms. The van der Waals surface area contributed by atoms with Crippen LogP contribution < -0.4 is 0 Å². The molecule has 0 saturated heterocycles. The second kappa shape index (κ2) is 3.49. The highest BCUT2D eigenvalue weighted by atomic mass is 19.1. The molecule has 1 fully saturated rings. The van der Waals surface area contributed by atoms with E-state index in [0.29, 0.717) is 5.92 Å². The highest BCUT2D eigenvalue weighted by molar-refractivity contribution is 5.20. The van der Waals surface area contributed by atoms with Gasteiger partial charge < -0.3 is 0 Å². The van der Waals surface area contributed by atoms with Gasteiger partial charge in [-0.05, 0) is 36.0 Å². The summed E-state index contributed by atoms with van der Waals surface area (Å²) in [5, 5.41) is 0. The average molecular weight is 178 g/mol. The zero-order valence-corrected chi connectivity index (χ0v) is 7.96. The Bertz CT molecular complexity index is 272. The SMILES string of the molecule is CC(CC1CC1)c1ccc(F)cc1. The second-order valence-corrected chi connectivity index (χ2v) is 4.13. The van der Waals surface area contributed by atoms with Crippen molar-refractivity contribution in [2.24, 2.45) is 5.92 Å². The summed E-state index contributed by atoms with van der Waals surface area (Å²) in [5.74, 6) is 1.40. The Kier molecular flexibility index (Phi) is 2.34. The molecule has 0 aliphatic heterocycles. The van der Waals surface area contributed by atoms with Crippen molar-refractivity contribution in [3.8, 4) is 0 Å². The first-order chi connectivity index (χ1) is 6.25. The van der Waals surface area contributed by atoms with Crippen LogP contribution in [-0.4, -0.2) is 0 Å². The van der Waals surface area contributed by atoms with Crippen LogP contribution in [0.1, 0.15) is 37.7 Å². The fourth-order valence-corrected chi connectivity index (χ4v) is 1.78. The third-order valence-corrected chi connectivity index (χ3v) is 2.82. The van der Waals surface area contributed by atoms with Crippen LogP contribution in [0.25, 0.3) is 0 Å². The van der Waals surface area contributed by atoms with E-state index in [2.05, 4.69) is 6.92 Å². The van der Waals surface area contributed by atoms with E-state index >= 15 is 0 Å². The summed E-state index contributed by atoms with van der Waals surface area (Å²) < 4.78 is 12.6. The van der Waals surface area contributed by atoms with Gasteiger partial charge in [-0.3, -0.25) is 0 Å². The molecule has 0 aromatic heterocycles. The molecule has 1 aromatic carbocycles. The fourth-order valence-electron chi connectivity index (χ4n) is 1.78. The molecule has 0 bridgehead atoms. The van der Waals surface area contributed by atoms with Gasteiger partial charge in [-0.2, -0.15) is 0 Å². The maximum Gasteiger partial charge on any atom is 0.123 e. The molecule has 1 saturated carbocycles. The van der Waals surface area contributed by atoms with Gasteiger partial charge in [-0.25, -0.2) is 4.39 Å². The van der Waals surface area contributed by atoms with Crippen LogP contribution in [0.2, 0.25) is 0 Å². The minimum atomic E-state index is -0.137. The standard InChI is InChI=1S/C12H15F/c1-9(8-10-2-3-10)11-4-6-12(13)7-5-11/h4-7,9-10H,2-3,8H2,1H3. The van der Waals surface area contributed by atoms with Crippen LogP contribution in [0.5, 0.6) is 0 Å². The average Bonchev–Trinajstić information content (AvgIpc) is 2.89. The van der Waals surface area contributed by atoms with Crippen LogP contribution in [0, 0.1) is 11.7 Å². The van der Waals surface area contributed by atoms with Crippen LogP contribution in [0.4, 0.5) is 4.39 Å². The highest BCUT2D eigenvalue weighted by Crippen LogP contribution is 2.38. The van der Waals surface area contributed by atoms with E-state index in [0.717, 1.165) is 5.92 Å². The van der Waals surface area contributed by atoms with Crippen LogP contribution >= 0.6 is 0 Å². The van der Waals surface area contributed by atoms with E-state index in [-0.39, 0.29) is 5.82 Å². The summed E-state index contributed by atoms with van der Waals surface area (Å²) in [4.78, 5) is 0. The Labute approximate surface area is 78.8 Å².